The number of anilines is 2. The van der Waals surface area contributed by atoms with Gasteiger partial charge in [0.15, 0.2) is 5.13 Å². The topological polar surface area (TPSA) is 108 Å². The van der Waals surface area contributed by atoms with Crippen molar-refractivity contribution >= 4 is 44.0 Å². The second-order valence-corrected chi connectivity index (χ2v) is 10.4. The van der Waals surface area contributed by atoms with Crippen molar-refractivity contribution in [2.24, 2.45) is 0 Å². The summed E-state index contributed by atoms with van der Waals surface area (Å²) in [4.78, 5) is 29.4. The molecule has 166 valence electrons. The van der Waals surface area contributed by atoms with E-state index in [1.807, 2.05) is 24.3 Å². The Morgan fingerprint density at radius 1 is 1.09 bits per heavy atom. The summed E-state index contributed by atoms with van der Waals surface area (Å²) in [5.74, 6) is -0.791. The van der Waals surface area contributed by atoms with Crippen LogP contribution in [0.3, 0.4) is 0 Å². The maximum atomic E-state index is 13.1. The van der Waals surface area contributed by atoms with E-state index in [1.165, 1.54) is 15.6 Å². The number of carbonyl (C=O) groups excluding carboxylic acids is 2. The number of benzene rings is 2. The van der Waals surface area contributed by atoms with Crippen molar-refractivity contribution in [2.45, 2.75) is 25.9 Å². The number of nitrogens with zero attached hydrogens (tertiary/aromatic N) is 2. The van der Waals surface area contributed by atoms with Crippen LogP contribution in [-0.4, -0.2) is 41.3 Å². The smallest absolute Gasteiger partial charge is 0.257 e. The maximum absolute atomic E-state index is 13.1. The molecule has 2 heterocycles. The summed E-state index contributed by atoms with van der Waals surface area (Å²) in [6, 6.07) is 13.1. The zero-order chi connectivity index (χ0) is 22.7. The van der Waals surface area contributed by atoms with Crippen molar-refractivity contribution < 1.29 is 18.0 Å². The lowest BCUT2D eigenvalue weighted by molar-refractivity contribution is -0.120. The standard InChI is InChI=1S/C22H22N4O4S2/c1-2-32(29,30)26-14-17-6-4-3-5-16(17)13-19(26)21(28)24-18-9-7-15(8-10-18)20(27)25-22-23-11-12-31-22/h3-12,19H,2,13-14H2,1H3,(H,24,28)(H,23,25,27)/t19-/m1/s1. The van der Waals surface area contributed by atoms with Gasteiger partial charge in [0.25, 0.3) is 5.91 Å². The van der Waals surface area contributed by atoms with Gasteiger partial charge in [-0.1, -0.05) is 24.3 Å². The molecule has 2 aromatic carbocycles. The minimum Gasteiger partial charge on any atom is -0.325 e. The van der Waals surface area contributed by atoms with E-state index >= 15 is 0 Å². The monoisotopic (exact) mass is 470 g/mol. The molecule has 1 aromatic heterocycles. The molecule has 2 amide bonds. The van der Waals surface area contributed by atoms with E-state index in [2.05, 4.69) is 15.6 Å². The Morgan fingerprint density at radius 2 is 1.81 bits per heavy atom. The Balaban J connectivity index is 1.50. The number of amides is 2. The number of hydrogen-bond donors (Lipinski definition) is 2. The predicted molar refractivity (Wildman–Crippen MR) is 124 cm³/mol. The van der Waals surface area contributed by atoms with E-state index < -0.39 is 22.0 Å². The number of aromatic nitrogens is 1. The average Bonchev–Trinajstić information content (AvgIpc) is 3.31. The Hall–Kier alpha value is -3.08. The molecular formula is C22H22N4O4S2. The van der Waals surface area contributed by atoms with Crippen molar-refractivity contribution in [1.82, 2.24) is 9.29 Å². The van der Waals surface area contributed by atoms with Gasteiger partial charge in [0.1, 0.15) is 6.04 Å². The van der Waals surface area contributed by atoms with Crippen molar-refractivity contribution in [3.63, 3.8) is 0 Å². The van der Waals surface area contributed by atoms with Gasteiger partial charge in [-0.15, -0.1) is 11.3 Å². The van der Waals surface area contributed by atoms with Gasteiger partial charge in [0.05, 0.1) is 5.75 Å². The van der Waals surface area contributed by atoms with Crippen LogP contribution in [0.25, 0.3) is 0 Å². The van der Waals surface area contributed by atoms with Crippen molar-refractivity contribution in [3.05, 3.63) is 76.8 Å². The molecule has 0 radical (unpaired) electrons. The molecular weight excluding hydrogens is 448 g/mol. The van der Waals surface area contributed by atoms with E-state index in [1.54, 1.807) is 42.8 Å². The van der Waals surface area contributed by atoms with Crippen LogP contribution < -0.4 is 10.6 Å². The van der Waals surface area contributed by atoms with Crippen LogP contribution in [0.4, 0.5) is 10.8 Å². The average molecular weight is 471 g/mol. The lowest BCUT2D eigenvalue weighted by Crippen LogP contribution is -2.51. The Labute approximate surface area is 190 Å². The van der Waals surface area contributed by atoms with Crippen LogP contribution in [0.5, 0.6) is 0 Å². The second-order valence-electron chi connectivity index (χ2n) is 7.29. The molecule has 1 atom stereocenters. The number of hydrogen-bond acceptors (Lipinski definition) is 6. The van der Waals surface area contributed by atoms with Gasteiger partial charge in [-0.2, -0.15) is 4.31 Å². The number of sulfonamides is 1. The maximum Gasteiger partial charge on any atom is 0.257 e. The SMILES string of the molecule is CCS(=O)(=O)N1Cc2ccccc2C[C@@H]1C(=O)Nc1ccc(C(=O)Nc2nccs2)cc1. The highest BCUT2D eigenvalue weighted by atomic mass is 32.2. The van der Waals surface area contributed by atoms with Crippen LogP contribution in [0.15, 0.2) is 60.1 Å². The summed E-state index contributed by atoms with van der Waals surface area (Å²) in [5.41, 5.74) is 2.77. The summed E-state index contributed by atoms with van der Waals surface area (Å²) in [7, 11) is -3.58. The summed E-state index contributed by atoms with van der Waals surface area (Å²) in [6.07, 6.45) is 1.90. The largest absolute Gasteiger partial charge is 0.325 e. The predicted octanol–water partition coefficient (Wildman–Crippen LogP) is 3.11. The molecule has 2 N–H and O–H groups in total. The van der Waals surface area contributed by atoms with Gasteiger partial charge in [0, 0.05) is 29.4 Å². The van der Waals surface area contributed by atoms with Gasteiger partial charge >= 0.3 is 0 Å². The van der Waals surface area contributed by atoms with Gasteiger partial charge in [-0.05, 0) is 48.7 Å². The molecule has 0 aliphatic carbocycles. The van der Waals surface area contributed by atoms with Crippen molar-refractivity contribution in [2.75, 3.05) is 16.4 Å². The number of nitrogens with one attached hydrogen (secondary N) is 2. The highest BCUT2D eigenvalue weighted by Crippen LogP contribution is 2.27. The van der Waals surface area contributed by atoms with E-state index in [0.29, 0.717) is 22.8 Å². The molecule has 0 saturated heterocycles. The van der Waals surface area contributed by atoms with E-state index in [-0.39, 0.29) is 18.2 Å². The van der Waals surface area contributed by atoms with Crippen LogP contribution in [0.2, 0.25) is 0 Å². The molecule has 0 saturated carbocycles. The van der Waals surface area contributed by atoms with Gasteiger partial charge in [-0.3, -0.25) is 14.9 Å². The fourth-order valence-electron chi connectivity index (χ4n) is 3.57. The van der Waals surface area contributed by atoms with Crippen molar-refractivity contribution in [1.29, 1.82) is 0 Å². The third kappa shape index (κ3) is 4.72. The third-order valence-electron chi connectivity index (χ3n) is 5.30. The number of thiazole rings is 1. The molecule has 0 fully saturated rings. The molecule has 0 spiro atoms. The first-order valence-electron chi connectivity index (χ1n) is 10.1. The molecule has 4 rings (SSSR count). The minimum absolute atomic E-state index is 0.0815. The summed E-state index contributed by atoms with van der Waals surface area (Å²) in [5, 5.41) is 7.76. The fourth-order valence-corrected chi connectivity index (χ4v) is 5.31. The Bertz CT molecular complexity index is 1230. The van der Waals surface area contributed by atoms with Gasteiger partial charge < -0.3 is 5.32 Å². The summed E-state index contributed by atoms with van der Waals surface area (Å²) < 4.78 is 26.6. The van der Waals surface area contributed by atoms with E-state index in [4.69, 9.17) is 0 Å². The first-order valence-corrected chi connectivity index (χ1v) is 12.5. The highest BCUT2D eigenvalue weighted by Gasteiger charge is 2.37. The van der Waals surface area contributed by atoms with Crippen LogP contribution in [0.1, 0.15) is 28.4 Å². The normalized spacial score (nSPS) is 16.2. The molecule has 3 aromatic rings. The Kier molecular flexibility index (Phi) is 6.35. The number of rotatable bonds is 6. The van der Waals surface area contributed by atoms with E-state index in [0.717, 1.165) is 11.1 Å². The van der Waals surface area contributed by atoms with Crippen LogP contribution in [0, 0.1) is 0 Å². The lowest BCUT2D eigenvalue weighted by atomic mass is 9.95. The quantitative estimate of drug-likeness (QED) is 0.575. The summed E-state index contributed by atoms with van der Waals surface area (Å²) in [6.45, 7) is 1.74. The Morgan fingerprint density at radius 3 is 2.47 bits per heavy atom. The number of carbonyl (C=O) groups is 2. The van der Waals surface area contributed by atoms with Crippen molar-refractivity contribution in [3.8, 4) is 0 Å². The van der Waals surface area contributed by atoms with Gasteiger partial charge in [-0.25, -0.2) is 13.4 Å². The molecule has 32 heavy (non-hydrogen) atoms. The molecule has 10 heteroatoms. The molecule has 1 aliphatic heterocycles. The first-order chi connectivity index (χ1) is 15.4. The minimum atomic E-state index is -3.58. The first kappa shape index (κ1) is 22.1. The zero-order valence-electron chi connectivity index (χ0n) is 17.3. The second kappa shape index (κ2) is 9.19. The zero-order valence-corrected chi connectivity index (χ0v) is 18.9. The van der Waals surface area contributed by atoms with Gasteiger partial charge in [0.2, 0.25) is 15.9 Å². The summed E-state index contributed by atoms with van der Waals surface area (Å²) >= 11 is 1.32. The number of fused-ring (bicyclic) bond motifs is 1. The van der Waals surface area contributed by atoms with E-state index in [9.17, 15) is 18.0 Å². The molecule has 0 unspecified atom stereocenters. The molecule has 8 nitrogen and oxygen atoms in total. The van der Waals surface area contributed by atoms with Crippen LogP contribution >= 0.6 is 11.3 Å². The fraction of sp³-hybridized carbons (Fsp3) is 0.227. The molecule has 0 bridgehead atoms. The molecule has 1 aliphatic rings. The third-order valence-corrected chi connectivity index (χ3v) is 7.81. The highest BCUT2D eigenvalue weighted by molar-refractivity contribution is 7.89. The lowest BCUT2D eigenvalue weighted by Gasteiger charge is -2.34. The van der Waals surface area contributed by atoms with Crippen LogP contribution in [-0.2, 0) is 27.8 Å².